The first-order valence-electron chi connectivity index (χ1n) is 6.50. The van der Waals surface area contributed by atoms with Gasteiger partial charge in [-0.1, -0.05) is 27.2 Å². The second-order valence-corrected chi connectivity index (χ2v) is 4.88. The molecular weight excluding hydrogens is 226 g/mol. The van der Waals surface area contributed by atoms with Crippen LogP contribution in [0, 0.1) is 0 Å². The van der Waals surface area contributed by atoms with Crippen molar-refractivity contribution in [1.82, 2.24) is 15.0 Å². The summed E-state index contributed by atoms with van der Waals surface area (Å²) in [5.74, 6) is 0.466. The first kappa shape index (κ1) is 12.7. The lowest BCUT2D eigenvalue weighted by Gasteiger charge is -2.03. The average Bonchev–Trinajstić information content (AvgIpc) is 2.78. The topological polar surface area (TPSA) is 58.6 Å². The van der Waals surface area contributed by atoms with Crippen LogP contribution in [0.5, 0.6) is 0 Å². The summed E-state index contributed by atoms with van der Waals surface area (Å²) in [5.41, 5.74) is 3.00. The molecule has 0 saturated heterocycles. The van der Waals surface area contributed by atoms with Gasteiger partial charge in [0, 0.05) is 12.6 Å². The molecule has 2 rings (SSSR count). The number of aromatic amines is 1. The van der Waals surface area contributed by atoms with Gasteiger partial charge in [-0.3, -0.25) is 4.79 Å². The van der Waals surface area contributed by atoms with Crippen LogP contribution in [-0.2, 0) is 0 Å². The van der Waals surface area contributed by atoms with Crippen molar-refractivity contribution in [1.29, 1.82) is 0 Å². The van der Waals surface area contributed by atoms with Gasteiger partial charge in [0.05, 0.1) is 17.5 Å². The van der Waals surface area contributed by atoms with Crippen molar-refractivity contribution in [3.05, 3.63) is 23.7 Å². The predicted octanol–water partition coefficient (Wildman–Crippen LogP) is 3.45. The Morgan fingerprint density at radius 1 is 1.44 bits per heavy atom. The van der Waals surface area contributed by atoms with Crippen LogP contribution < -0.4 is 0 Å². The molecule has 18 heavy (non-hydrogen) atoms. The van der Waals surface area contributed by atoms with E-state index in [1.807, 2.05) is 0 Å². The summed E-state index contributed by atoms with van der Waals surface area (Å²) in [6.07, 6.45) is 6.02. The number of ketones is 1. The van der Waals surface area contributed by atoms with Gasteiger partial charge in [-0.15, -0.1) is 0 Å². The van der Waals surface area contributed by atoms with Crippen LogP contribution in [0.1, 0.15) is 62.0 Å². The van der Waals surface area contributed by atoms with Crippen molar-refractivity contribution in [3.8, 4) is 0 Å². The quantitative estimate of drug-likeness (QED) is 0.821. The Kier molecular flexibility index (Phi) is 3.75. The largest absolute Gasteiger partial charge is 0.344 e. The monoisotopic (exact) mass is 245 g/mol. The number of hydrogen-bond acceptors (Lipinski definition) is 3. The third-order valence-electron chi connectivity index (χ3n) is 3.05. The first-order chi connectivity index (χ1) is 8.63. The standard InChI is InChI=1S/C14H19N3O/c1-4-5-6-12(18)10-7-15-14-13(10)17-11(8-16-14)9(2)3/h7-9H,4-6H2,1-3H3,(H,15,16). The maximum atomic E-state index is 12.1. The van der Waals surface area contributed by atoms with Crippen molar-refractivity contribution in [3.63, 3.8) is 0 Å². The van der Waals surface area contributed by atoms with Crippen molar-refractivity contribution in [2.24, 2.45) is 0 Å². The molecule has 0 unspecified atom stereocenters. The molecule has 2 heterocycles. The van der Waals surface area contributed by atoms with E-state index in [1.54, 1.807) is 12.4 Å². The molecule has 0 saturated carbocycles. The molecule has 0 aliphatic rings. The highest BCUT2D eigenvalue weighted by atomic mass is 16.1. The van der Waals surface area contributed by atoms with Gasteiger partial charge in [0.25, 0.3) is 0 Å². The van der Waals surface area contributed by atoms with Gasteiger partial charge in [-0.2, -0.15) is 0 Å². The molecule has 0 fully saturated rings. The maximum absolute atomic E-state index is 12.1. The Hall–Kier alpha value is -1.71. The Morgan fingerprint density at radius 3 is 2.89 bits per heavy atom. The molecule has 0 bridgehead atoms. The summed E-state index contributed by atoms with van der Waals surface area (Å²) in [4.78, 5) is 24.0. The molecule has 96 valence electrons. The fourth-order valence-corrected chi connectivity index (χ4v) is 1.87. The molecule has 0 atom stereocenters. The molecule has 0 spiro atoms. The van der Waals surface area contributed by atoms with Gasteiger partial charge in [-0.05, 0) is 12.3 Å². The fourth-order valence-electron chi connectivity index (χ4n) is 1.87. The molecule has 1 N–H and O–H groups in total. The van der Waals surface area contributed by atoms with E-state index in [4.69, 9.17) is 0 Å². The lowest BCUT2D eigenvalue weighted by Crippen LogP contribution is -2.00. The van der Waals surface area contributed by atoms with Gasteiger partial charge in [-0.25, -0.2) is 9.97 Å². The highest BCUT2D eigenvalue weighted by Gasteiger charge is 2.14. The third kappa shape index (κ3) is 2.42. The van der Waals surface area contributed by atoms with Gasteiger partial charge >= 0.3 is 0 Å². The second-order valence-electron chi connectivity index (χ2n) is 4.88. The number of carbonyl (C=O) groups is 1. The van der Waals surface area contributed by atoms with Crippen LogP contribution in [-0.4, -0.2) is 20.7 Å². The molecule has 2 aromatic heterocycles. The summed E-state index contributed by atoms with van der Waals surface area (Å²) in [6, 6.07) is 0. The van der Waals surface area contributed by atoms with Gasteiger partial charge < -0.3 is 4.98 Å². The zero-order valence-corrected chi connectivity index (χ0v) is 11.2. The van der Waals surface area contributed by atoms with Gasteiger partial charge in [0.2, 0.25) is 0 Å². The molecule has 4 heteroatoms. The van der Waals surface area contributed by atoms with Crippen LogP contribution >= 0.6 is 0 Å². The Labute approximate surface area is 107 Å². The summed E-state index contributed by atoms with van der Waals surface area (Å²) in [5, 5.41) is 0. The smallest absolute Gasteiger partial charge is 0.166 e. The number of H-pyrrole nitrogens is 1. The zero-order valence-electron chi connectivity index (χ0n) is 11.2. The molecule has 0 aliphatic heterocycles. The lowest BCUT2D eigenvalue weighted by atomic mass is 10.1. The number of carbonyl (C=O) groups excluding carboxylic acids is 1. The highest BCUT2D eigenvalue weighted by molar-refractivity contribution is 6.05. The van der Waals surface area contributed by atoms with Gasteiger partial charge in [0.15, 0.2) is 11.4 Å². The van der Waals surface area contributed by atoms with Gasteiger partial charge in [0.1, 0.15) is 5.52 Å². The average molecular weight is 245 g/mol. The minimum Gasteiger partial charge on any atom is -0.344 e. The van der Waals surface area contributed by atoms with Crippen molar-refractivity contribution < 1.29 is 4.79 Å². The van der Waals surface area contributed by atoms with Crippen LogP contribution in [0.4, 0.5) is 0 Å². The van der Waals surface area contributed by atoms with Crippen molar-refractivity contribution in [2.45, 2.75) is 46.0 Å². The fraction of sp³-hybridized carbons (Fsp3) is 0.500. The van der Waals surface area contributed by atoms with E-state index in [2.05, 4.69) is 35.7 Å². The molecule has 0 aromatic carbocycles. The minimum atomic E-state index is 0.151. The van der Waals surface area contributed by atoms with Crippen LogP contribution in [0.3, 0.4) is 0 Å². The summed E-state index contributed by atoms with van der Waals surface area (Å²) in [7, 11) is 0. The van der Waals surface area contributed by atoms with Crippen LogP contribution in [0.25, 0.3) is 11.2 Å². The number of unbranched alkanes of at least 4 members (excludes halogenated alkanes) is 1. The number of aromatic nitrogens is 3. The Morgan fingerprint density at radius 2 is 2.22 bits per heavy atom. The van der Waals surface area contributed by atoms with E-state index < -0.39 is 0 Å². The SMILES string of the molecule is CCCCC(=O)c1c[nH]c2ncc(C(C)C)nc12. The van der Waals surface area contributed by atoms with E-state index in [0.717, 1.165) is 18.5 Å². The van der Waals surface area contributed by atoms with Crippen molar-refractivity contribution >= 4 is 16.9 Å². The van der Waals surface area contributed by atoms with E-state index in [9.17, 15) is 4.79 Å². The second kappa shape index (κ2) is 5.29. The van der Waals surface area contributed by atoms with E-state index in [0.29, 0.717) is 29.1 Å². The molecular formula is C14H19N3O. The molecule has 0 aliphatic carbocycles. The van der Waals surface area contributed by atoms with Crippen molar-refractivity contribution in [2.75, 3.05) is 0 Å². The number of rotatable bonds is 5. The van der Waals surface area contributed by atoms with Crippen LogP contribution in [0.2, 0.25) is 0 Å². The summed E-state index contributed by atoms with van der Waals surface area (Å²) in [6.45, 7) is 6.22. The normalized spacial score (nSPS) is 11.3. The Balaban J connectivity index is 2.39. The minimum absolute atomic E-state index is 0.151. The number of Topliss-reactive ketones (excluding diaryl/α,β-unsaturated/α-hetero) is 1. The van der Waals surface area contributed by atoms with E-state index >= 15 is 0 Å². The predicted molar refractivity (Wildman–Crippen MR) is 71.8 cm³/mol. The third-order valence-corrected chi connectivity index (χ3v) is 3.05. The number of nitrogens with one attached hydrogen (secondary N) is 1. The number of nitrogens with zero attached hydrogens (tertiary/aromatic N) is 2. The first-order valence-corrected chi connectivity index (χ1v) is 6.50. The molecule has 2 aromatic rings. The van der Waals surface area contributed by atoms with Crippen LogP contribution in [0.15, 0.2) is 12.4 Å². The van der Waals surface area contributed by atoms with E-state index in [1.165, 1.54) is 0 Å². The zero-order chi connectivity index (χ0) is 13.1. The highest BCUT2D eigenvalue weighted by Crippen LogP contribution is 2.19. The molecule has 0 amide bonds. The van der Waals surface area contributed by atoms with E-state index in [-0.39, 0.29) is 5.78 Å². The molecule has 4 nitrogen and oxygen atoms in total. The molecule has 0 radical (unpaired) electrons. The number of hydrogen-bond donors (Lipinski definition) is 1. The maximum Gasteiger partial charge on any atom is 0.166 e. The lowest BCUT2D eigenvalue weighted by molar-refractivity contribution is 0.0981. The summed E-state index contributed by atoms with van der Waals surface area (Å²) >= 11 is 0. The number of fused-ring (bicyclic) bond motifs is 1. The summed E-state index contributed by atoms with van der Waals surface area (Å²) < 4.78 is 0. The Bertz CT molecular complexity index is 557.